The second-order valence-corrected chi connectivity index (χ2v) is 6.79. The molecule has 0 spiro atoms. The minimum atomic E-state index is -1.06. The van der Waals surface area contributed by atoms with E-state index in [9.17, 15) is 4.79 Å². The summed E-state index contributed by atoms with van der Waals surface area (Å²) < 4.78 is 7.58. The molecule has 1 amide bonds. The summed E-state index contributed by atoms with van der Waals surface area (Å²) in [5.74, 6) is 0.592. The van der Waals surface area contributed by atoms with Crippen LogP contribution in [0.15, 0.2) is 47.2 Å². The van der Waals surface area contributed by atoms with E-state index in [4.69, 9.17) is 9.84 Å². The summed E-state index contributed by atoms with van der Waals surface area (Å²) in [5.41, 5.74) is 1.05. The molecule has 0 fully saturated rings. The predicted octanol–water partition coefficient (Wildman–Crippen LogP) is 3.71. The molecule has 1 aromatic heterocycles. The van der Waals surface area contributed by atoms with Gasteiger partial charge in [-0.1, -0.05) is 12.1 Å². The molecule has 1 unspecified atom stereocenters. The van der Waals surface area contributed by atoms with Crippen LogP contribution in [0.5, 0.6) is 5.75 Å². The van der Waals surface area contributed by atoms with Crippen LogP contribution in [0.3, 0.4) is 0 Å². The van der Waals surface area contributed by atoms with Crippen molar-refractivity contribution in [3.8, 4) is 5.75 Å². The van der Waals surface area contributed by atoms with Crippen molar-refractivity contribution in [2.75, 3.05) is 6.61 Å². The third-order valence-corrected chi connectivity index (χ3v) is 4.01. The second kappa shape index (κ2) is 8.33. The lowest BCUT2D eigenvalue weighted by Crippen LogP contribution is -2.39. The summed E-state index contributed by atoms with van der Waals surface area (Å²) >= 11 is 5.55. The highest BCUT2D eigenvalue weighted by atomic mass is 127. The van der Waals surface area contributed by atoms with Crippen molar-refractivity contribution < 1.29 is 14.6 Å². The van der Waals surface area contributed by atoms with Crippen LogP contribution in [-0.4, -0.2) is 28.8 Å². The van der Waals surface area contributed by atoms with Crippen LogP contribution in [0.4, 0.5) is 4.79 Å². The number of hydrogen-bond acceptors (Lipinski definition) is 3. The van der Waals surface area contributed by atoms with Gasteiger partial charge in [-0.2, -0.15) is 0 Å². The van der Waals surface area contributed by atoms with Crippen LogP contribution in [0.1, 0.15) is 5.56 Å². The Morgan fingerprint density at radius 2 is 2.09 bits per heavy atom. The van der Waals surface area contributed by atoms with E-state index >= 15 is 0 Å². The Hall–Kier alpha value is -1.35. The van der Waals surface area contributed by atoms with Crippen LogP contribution in [0.2, 0.25) is 0 Å². The maximum Gasteiger partial charge on any atom is 0.405 e. The zero-order chi connectivity index (χ0) is 15.9. The zero-order valence-corrected chi connectivity index (χ0v) is 15.2. The van der Waals surface area contributed by atoms with Gasteiger partial charge in [0, 0.05) is 14.2 Å². The normalized spacial score (nSPS) is 11.7. The Kier molecular flexibility index (Phi) is 6.44. The van der Waals surface area contributed by atoms with Crippen LogP contribution >= 0.6 is 38.5 Å². The first-order valence-electron chi connectivity index (χ1n) is 6.50. The molecule has 7 heteroatoms. The van der Waals surface area contributed by atoms with Gasteiger partial charge in [-0.25, -0.2) is 4.79 Å². The topological polar surface area (TPSA) is 71.5 Å². The fourth-order valence-corrected chi connectivity index (χ4v) is 2.60. The van der Waals surface area contributed by atoms with Gasteiger partial charge in [-0.3, -0.25) is 4.98 Å². The molecule has 0 aliphatic carbocycles. The van der Waals surface area contributed by atoms with E-state index in [2.05, 4.69) is 48.8 Å². The summed E-state index contributed by atoms with van der Waals surface area (Å²) in [5, 5.41) is 11.4. The van der Waals surface area contributed by atoms with Crippen LogP contribution in [-0.2, 0) is 6.42 Å². The Balaban J connectivity index is 1.99. The lowest BCUT2D eigenvalue weighted by molar-refractivity contribution is 0.180. The monoisotopic (exact) mass is 476 g/mol. The minimum absolute atomic E-state index is 0.233. The Labute approximate surface area is 150 Å². The fourth-order valence-electron chi connectivity index (χ4n) is 1.90. The number of ether oxygens (including phenoxy) is 1. The first kappa shape index (κ1) is 17.0. The molecule has 2 aromatic rings. The van der Waals surface area contributed by atoms with Gasteiger partial charge in [-0.15, -0.1) is 0 Å². The Morgan fingerprint density at radius 3 is 2.73 bits per heavy atom. The summed E-state index contributed by atoms with van der Waals surface area (Å²) in [6.45, 7) is 0.233. The molecule has 0 saturated heterocycles. The molecule has 2 N–H and O–H groups in total. The molecule has 1 atom stereocenters. The highest BCUT2D eigenvalue weighted by molar-refractivity contribution is 14.1. The lowest BCUT2D eigenvalue weighted by atomic mass is 10.1. The standard InChI is InChI=1S/C15H14BrIN2O3/c16-11-6-14(8-18-7-11)22-9-13(19-15(20)21)5-10-1-3-12(17)4-2-10/h1-4,6-8,13,19H,5,9H2,(H,20,21). The van der Waals surface area contributed by atoms with E-state index in [0.29, 0.717) is 12.2 Å². The molecule has 1 heterocycles. The first-order valence-corrected chi connectivity index (χ1v) is 8.37. The molecule has 0 aliphatic rings. The van der Waals surface area contributed by atoms with Gasteiger partial charge in [-0.05, 0) is 68.7 Å². The number of rotatable bonds is 6. The summed E-state index contributed by atoms with van der Waals surface area (Å²) in [4.78, 5) is 14.9. The van der Waals surface area contributed by atoms with Crippen molar-refractivity contribution in [1.82, 2.24) is 10.3 Å². The molecule has 5 nitrogen and oxygen atoms in total. The lowest BCUT2D eigenvalue weighted by Gasteiger charge is -2.18. The maximum atomic E-state index is 10.9. The number of amides is 1. The summed E-state index contributed by atoms with van der Waals surface area (Å²) in [6, 6.07) is 9.41. The number of halogens is 2. The summed E-state index contributed by atoms with van der Waals surface area (Å²) in [7, 11) is 0. The average Bonchev–Trinajstić information content (AvgIpc) is 2.47. The van der Waals surface area contributed by atoms with Gasteiger partial charge < -0.3 is 15.2 Å². The van der Waals surface area contributed by atoms with Crippen LogP contribution < -0.4 is 10.1 Å². The number of benzene rings is 1. The number of hydrogen-bond donors (Lipinski definition) is 2. The average molecular weight is 477 g/mol. The van der Waals surface area contributed by atoms with Gasteiger partial charge in [0.1, 0.15) is 12.4 Å². The van der Waals surface area contributed by atoms with Crippen LogP contribution in [0.25, 0.3) is 0 Å². The molecule has 1 aromatic carbocycles. The van der Waals surface area contributed by atoms with Crippen molar-refractivity contribution >= 4 is 44.6 Å². The number of nitrogens with zero attached hydrogens (tertiary/aromatic N) is 1. The molecule has 0 bridgehead atoms. The van der Waals surface area contributed by atoms with E-state index in [1.165, 1.54) is 0 Å². The summed E-state index contributed by atoms with van der Waals surface area (Å²) in [6.07, 6.45) is 2.75. The highest BCUT2D eigenvalue weighted by Crippen LogP contribution is 2.16. The Bertz CT molecular complexity index is 637. The molecule has 0 saturated carbocycles. The number of pyridine rings is 1. The fraction of sp³-hybridized carbons (Fsp3) is 0.200. The maximum absolute atomic E-state index is 10.9. The highest BCUT2D eigenvalue weighted by Gasteiger charge is 2.13. The number of carbonyl (C=O) groups is 1. The number of aromatic nitrogens is 1. The van der Waals surface area contributed by atoms with Crippen molar-refractivity contribution in [3.63, 3.8) is 0 Å². The number of nitrogens with one attached hydrogen (secondary N) is 1. The molecular formula is C15H14BrIN2O3. The second-order valence-electron chi connectivity index (χ2n) is 4.63. The van der Waals surface area contributed by atoms with Gasteiger partial charge in [0.25, 0.3) is 0 Å². The van der Waals surface area contributed by atoms with E-state index in [1.807, 2.05) is 24.3 Å². The predicted molar refractivity (Wildman–Crippen MR) is 95.2 cm³/mol. The molecule has 0 aliphatic heterocycles. The smallest absolute Gasteiger partial charge is 0.405 e. The third kappa shape index (κ3) is 5.80. The van der Waals surface area contributed by atoms with Crippen molar-refractivity contribution in [2.24, 2.45) is 0 Å². The third-order valence-electron chi connectivity index (χ3n) is 2.85. The van der Waals surface area contributed by atoms with Crippen molar-refractivity contribution in [1.29, 1.82) is 0 Å². The SMILES string of the molecule is O=C(O)NC(COc1cncc(Br)c1)Cc1ccc(I)cc1. The van der Waals surface area contributed by atoms with Gasteiger partial charge >= 0.3 is 6.09 Å². The van der Waals surface area contributed by atoms with Crippen molar-refractivity contribution in [2.45, 2.75) is 12.5 Å². The van der Waals surface area contributed by atoms with Gasteiger partial charge in [0.05, 0.1) is 12.2 Å². The van der Waals surface area contributed by atoms with E-state index in [1.54, 1.807) is 18.5 Å². The molecule has 2 rings (SSSR count). The first-order chi connectivity index (χ1) is 10.5. The van der Waals surface area contributed by atoms with Gasteiger partial charge in [0.15, 0.2) is 0 Å². The van der Waals surface area contributed by atoms with E-state index in [-0.39, 0.29) is 12.6 Å². The molecule has 22 heavy (non-hydrogen) atoms. The van der Waals surface area contributed by atoms with E-state index < -0.39 is 6.09 Å². The zero-order valence-electron chi connectivity index (χ0n) is 11.5. The van der Waals surface area contributed by atoms with Gasteiger partial charge in [0.2, 0.25) is 0 Å². The Morgan fingerprint density at radius 1 is 1.36 bits per heavy atom. The largest absolute Gasteiger partial charge is 0.490 e. The van der Waals surface area contributed by atoms with Crippen LogP contribution in [0, 0.1) is 3.57 Å². The quantitative estimate of drug-likeness (QED) is 0.623. The molecule has 116 valence electrons. The minimum Gasteiger partial charge on any atom is -0.490 e. The molecule has 0 radical (unpaired) electrons. The van der Waals surface area contributed by atoms with E-state index in [0.717, 1.165) is 13.6 Å². The number of carboxylic acid groups (broad SMARTS) is 1. The van der Waals surface area contributed by atoms with Crippen molar-refractivity contribution in [3.05, 3.63) is 56.3 Å². The molecular weight excluding hydrogens is 463 g/mol.